The number of carbonyl (C=O) groups excluding carboxylic acids is 1. The third-order valence-corrected chi connectivity index (χ3v) is 5.19. The minimum absolute atomic E-state index is 0.243. The fraction of sp³-hybridized carbons (Fsp3) is 0.478. The number of nitrogens with one attached hydrogen (secondary N) is 1. The number of benzene rings is 2. The Morgan fingerprint density at radius 3 is 2.48 bits per heavy atom. The quantitative estimate of drug-likeness (QED) is 0.347. The Kier molecular flexibility index (Phi) is 11.1. The third-order valence-electron chi connectivity index (χ3n) is 5.19. The first-order valence-corrected chi connectivity index (χ1v) is 11.1. The molecular weight excluding hydrogens is 425 g/mol. The molecule has 2 aromatic rings. The number of nitrogens with zero attached hydrogens (tertiary/aromatic N) is 1. The molecule has 1 saturated heterocycles. The summed E-state index contributed by atoms with van der Waals surface area (Å²) in [5.74, 6) is -0.518. The van der Waals surface area contributed by atoms with Crippen LogP contribution in [-0.2, 0) is 20.6 Å². The van der Waals surface area contributed by atoms with E-state index in [1.165, 1.54) is 0 Å². The molecule has 33 heavy (non-hydrogen) atoms. The van der Waals surface area contributed by atoms with Crippen LogP contribution in [0.15, 0.2) is 42.5 Å². The molecule has 0 spiro atoms. The van der Waals surface area contributed by atoms with Gasteiger partial charge in [0, 0.05) is 19.5 Å². The van der Waals surface area contributed by atoms with Crippen LogP contribution in [-0.4, -0.2) is 73.3 Å². The lowest BCUT2D eigenvalue weighted by atomic mass is 9.99. The van der Waals surface area contributed by atoms with Crippen LogP contribution in [0.25, 0.3) is 10.8 Å². The molecule has 0 bridgehead atoms. The number of carbonyl (C=O) groups is 2. The van der Waals surface area contributed by atoms with E-state index in [4.69, 9.17) is 15.5 Å². The number of rotatable bonds is 8. The SMILES string of the molecule is CC(C)C[C@H](N)OBO.O=C(O)[C@H](Cc1cccc2ccccc12)NC(=O)N1CCOCC1. The van der Waals surface area contributed by atoms with Crippen molar-refractivity contribution in [3.8, 4) is 0 Å². The van der Waals surface area contributed by atoms with Crippen molar-refractivity contribution in [2.24, 2.45) is 11.7 Å². The van der Waals surface area contributed by atoms with Gasteiger partial charge in [0.1, 0.15) is 6.04 Å². The number of amides is 2. The fourth-order valence-electron chi connectivity index (χ4n) is 3.53. The van der Waals surface area contributed by atoms with Crippen LogP contribution in [0.3, 0.4) is 0 Å². The predicted octanol–water partition coefficient (Wildman–Crippen LogP) is 1.47. The average Bonchev–Trinajstić information content (AvgIpc) is 2.79. The first-order valence-electron chi connectivity index (χ1n) is 11.1. The summed E-state index contributed by atoms with van der Waals surface area (Å²) in [5, 5.41) is 22.4. The molecule has 2 amide bonds. The molecule has 1 fully saturated rings. The van der Waals surface area contributed by atoms with E-state index in [0.717, 1.165) is 22.8 Å². The van der Waals surface area contributed by atoms with E-state index in [9.17, 15) is 14.7 Å². The van der Waals surface area contributed by atoms with Crippen molar-refractivity contribution < 1.29 is 29.1 Å². The van der Waals surface area contributed by atoms with Gasteiger partial charge in [-0.1, -0.05) is 56.3 Å². The summed E-state index contributed by atoms with van der Waals surface area (Å²) in [6, 6.07) is 12.3. The number of carboxylic acid groups (broad SMARTS) is 1. The van der Waals surface area contributed by atoms with Gasteiger partial charge < -0.3 is 35.5 Å². The maximum absolute atomic E-state index is 12.3. The van der Waals surface area contributed by atoms with Gasteiger partial charge in [-0.05, 0) is 28.7 Å². The summed E-state index contributed by atoms with van der Waals surface area (Å²) in [4.78, 5) is 25.4. The van der Waals surface area contributed by atoms with Crippen LogP contribution in [0.5, 0.6) is 0 Å². The molecule has 3 rings (SSSR count). The van der Waals surface area contributed by atoms with Crippen LogP contribution >= 0.6 is 0 Å². The molecule has 0 aliphatic carbocycles. The Morgan fingerprint density at radius 1 is 1.18 bits per heavy atom. The van der Waals surface area contributed by atoms with Gasteiger partial charge in [0.25, 0.3) is 0 Å². The number of urea groups is 1. The maximum Gasteiger partial charge on any atom is 0.436 e. The zero-order chi connectivity index (χ0) is 24.2. The van der Waals surface area contributed by atoms with E-state index in [1.54, 1.807) is 4.90 Å². The van der Waals surface area contributed by atoms with Gasteiger partial charge in [-0.25, -0.2) is 9.59 Å². The summed E-state index contributed by atoms with van der Waals surface area (Å²) in [6.45, 7) is 6.03. The molecule has 0 saturated carbocycles. The normalized spacial score (nSPS) is 15.4. The van der Waals surface area contributed by atoms with E-state index in [2.05, 4.69) is 23.8 Å². The minimum atomic E-state index is -1.04. The number of carboxylic acids is 1. The molecule has 5 N–H and O–H groups in total. The lowest BCUT2D eigenvalue weighted by Crippen LogP contribution is -2.51. The number of aliphatic carboxylic acids is 1. The molecule has 1 aliphatic heterocycles. The molecule has 180 valence electrons. The molecule has 0 radical (unpaired) electrons. The van der Waals surface area contributed by atoms with Crippen molar-refractivity contribution in [3.05, 3.63) is 48.0 Å². The third kappa shape index (κ3) is 9.01. The molecule has 10 heteroatoms. The Hall–Kier alpha value is -2.66. The van der Waals surface area contributed by atoms with Crippen LogP contribution in [0.2, 0.25) is 0 Å². The van der Waals surface area contributed by atoms with Gasteiger partial charge in [-0.2, -0.15) is 0 Å². The summed E-state index contributed by atoms with van der Waals surface area (Å²) < 4.78 is 9.89. The van der Waals surface area contributed by atoms with E-state index in [-0.39, 0.29) is 26.4 Å². The largest absolute Gasteiger partial charge is 0.480 e. The Morgan fingerprint density at radius 2 is 1.85 bits per heavy atom. The molecule has 2 aromatic carbocycles. The molecule has 1 heterocycles. The second-order valence-corrected chi connectivity index (χ2v) is 8.25. The Bertz CT molecular complexity index is 886. The number of fused-ring (bicyclic) bond motifs is 1. The first kappa shape index (κ1) is 26.6. The van der Waals surface area contributed by atoms with Crippen LogP contribution < -0.4 is 11.1 Å². The summed E-state index contributed by atoms with van der Waals surface area (Å²) in [5.41, 5.74) is 6.31. The van der Waals surface area contributed by atoms with E-state index >= 15 is 0 Å². The minimum Gasteiger partial charge on any atom is -0.480 e. The van der Waals surface area contributed by atoms with Crippen molar-refractivity contribution in [1.29, 1.82) is 0 Å². The highest BCUT2D eigenvalue weighted by Crippen LogP contribution is 2.20. The van der Waals surface area contributed by atoms with Gasteiger partial charge in [-0.3, -0.25) is 0 Å². The number of morpholine rings is 1. The second kappa shape index (κ2) is 13.8. The van der Waals surface area contributed by atoms with Crippen molar-refractivity contribution >= 4 is 30.5 Å². The second-order valence-electron chi connectivity index (χ2n) is 8.25. The monoisotopic (exact) mass is 459 g/mol. The molecule has 0 aromatic heterocycles. The number of hydrogen-bond acceptors (Lipinski definition) is 6. The fourth-order valence-corrected chi connectivity index (χ4v) is 3.53. The van der Waals surface area contributed by atoms with Gasteiger partial charge in [-0.15, -0.1) is 0 Å². The highest BCUT2D eigenvalue weighted by atomic mass is 16.5. The van der Waals surface area contributed by atoms with Crippen molar-refractivity contribution in [1.82, 2.24) is 10.2 Å². The van der Waals surface area contributed by atoms with Crippen molar-refractivity contribution in [3.63, 3.8) is 0 Å². The highest BCUT2D eigenvalue weighted by molar-refractivity contribution is 6.15. The standard InChI is InChI=1S/C18H20N2O4.C5H14BNO2/c21-17(22)16(19-18(23)20-8-10-24-11-9-20)12-14-6-3-5-13-4-1-2-7-15(13)14;1-4(2)3-5(7)9-6-8/h1-7,16H,8-12H2,(H,19,23)(H,21,22);4-6,8H,3,7H2,1-2H3/t16-;5-/m01/s1. The summed E-state index contributed by atoms with van der Waals surface area (Å²) >= 11 is 0. The number of ether oxygens (including phenoxy) is 1. The molecule has 1 aliphatic rings. The topological polar surface area (TPSA) is 134 Å². The van der Waals surface area contributed by atoms with E-state index in [1.807, 2.05) is 42.5 Å². The first-order chi connectivity index (χ1) is 15.8. The summed E-state index contributed by atoms with van der Waals surface area (Å²) in [6.07, 6.45) is 0.725. The van der Waals surface area contributed by atoms with E-state index < -0.39 is 12.0 Å². The lowest BCUT2D eigenvalue weighted by molar-refractivity contribution is -0.139. The molecule has 9 nitrogen and oxygen atoms in total. The average molecular weight is 459 g/mol. The number of hydrogen-bond donors (Lipinski definition) is 4. The Balaban J connectivity index is 0.000000365. The predicted molar refractivity (Wildman–Crippen MR) is 128 cm³/mol. The van der Waals surface area contributed by atoms with Gasteiger partial charge in [0.05, 0.1) is 19.4 Å². The number of nitrogens with two attached hydrogens (primary N) is 1. The van der Waals surface area contributed by atoms with Gasteiger partial charge in [0.2, 0.25) is 0 Å². The smallest absolute Gasteiger partial charge is 0.436 e. The highest BCUT2D eigenvalue weighted by Gasteiger charge is 2.25. The van der Waals surface area contributed by atoms with Crippen LogP contribution in [0.1, 0.15) is 25.8 Å². The summed E-state index contributed by atoms with van der Waals surface area (Å²) in [7, 11) is -0.284. The van der Waals surface area contributed by atoms with Crippen molar-refractivity contribution in [2.45, 2.75) is 39.0 Å². The van der Waals surface area contributed by atoms with Gasteiger partial charge >= 0.3 is 19.7 Å². The van der Waals surface area contributed by atoms with Crippen LogP contribution in [0, 0.1) is 5.92 Å². The van der Waals surface area contributed by atoms with E-state index in [0.29, 0.717) is 32.2 Å². The van der Waals surface area contributed by atoms with Gasteiger partial charge in [0.15, 0.2) is 0 Å². The van der Waals surface area contributed by atoms with Crippen LogP contribution in [0.4, 0.5) is 4.79 Å². The van der Waals surface area contributed by atoms with Crippen molar-refractivity contribution in [2.75, 3.05) is 26.3 Å². The Labute approximate surface area is 195 Å². The molecule has 2 atom stereocenters. The lowest BCUT2D eigenvalue weighted by Gasteiger charge is -2.28. The zero-order valence-electron chi connectivity index (χ0n) is 19.3. The maximum atomic E-state index is 12.3. The molecular formula is C23H34BN3O6. The zero-order valence-corrected chi connectivity index (χ0v) is 19.3. The molecule has 0 unspecified atom stereocenters.